The van der Waals surface area contributed by atoms with Gasteiger partial charge in [0, 0.05) is 72.9 Å². The van der Waals surface area contributed by atoms with Crippen molar-refractivity contribution in [3.8, 4) is 61.6 Å². The largest absolute Gasteiger partial charge is 0.308 e. The third kappa shape index (κ3) is 10.3. The summed E-state index contributed by atoms with van der Waals surface area (Å²) in [5.74, 6) is 3.23. The summed E-state index contributed by atoms with van der Waals surface area (Å²) in [5.41, 5.74) is 27.6. The smallest absolute Gasteiger partial charge is 0.175 e. The van der Waals surface area contributed by atoms with Crippen LogP contribution in [0.2, 0.25) is 0 Å². The number of aromatic nitrogens is 6. The van der Waals surface area contributed by atoms with Crippen molar-refractivity contribution in [1.82, 2.24) is 28.7 Å². The lowest BCUT2D eigenvalue weighted by Gasteiger charge is -2.37. The van der Waals surface area contributed by atoms with Gasteiger partial charge in [-0.2, -0.15) is 0 Å². The molecule has 12 heteroatoms. The molecule has 17 aromatic carbocycles. The first-order chi connectivity index (χ1) is 62.5. The van der Waals surface area contributed by atoms with Crippen molar-refractivity contribution in [2.75, 3.05) is 0 Å². The number of hydrogen-bond acceptors (Lipinski definition) is 6. The Morgan fingerprint density at radius 2 is 0.748 bits per heavy atom. The van der Waals surface area contributed by atoms with Crippen molar-refractivity contribution in [3.63, 3.8) is 0 Å². The van der Waals surface area contributed by atoms with Crippen LogP contribution in [0, 0.1) is 5.92 Å². The van der Waals surface area contributed by atoms with Crippen LogP contribution in [-0.2, 0) is 33.0 Å². The summed E-state index contributed by atoms with van der Waals surface area (Å²) >= 11 is 0. The minimum atomic E-state index is -3.15. The van der Waals surface area contributed by atoms with Crippen molar-refractivity contribution in [2.24, 2.45) is 5.92 Å². The van der Waals surface area contributed by atoms with Gasteiger partial charge >= 0.3 is 0 Å². The van der Waals surface area contributed by atoms with E-state index in [1.165, 1.54) is 121 Å². The first-order valence-electron chi connectivity index (χ1n) is 44.1. The molecule has 5 aliphatic carbocycles. The van der Waals surface area contributed by atoms with Crippen molar-refractivity contribution in [2.45, 2.75) is 46.5 Å². The molecule has 8 aliphatic rings. The van der Waals surface area contributed by atoms with Gasteiger partial charge in [-0.3, -0.25) is 13.7 Å². The first kappa shape index (κ1) is 74.0. The van der Waals surface area contributed by atoms with Crippen molar-refractivity contribution >= 4 is 162 Å². The van der Waals surface area contributed by atoms with Gasteiger partial charge in [0.05, 0.1) is 50.2 Å². The fourth-order valence-corrected chi connectivity index (χ4v) is 31.6. The molecule has 3 aliphatic heterocycles. The van der Waals surface area contributed by atoms with E-state index in [9.17, 15) is 0 Å². The number of allylic oxidation sites excluding steroid dienone is 14. The number of hydrogen-bond donors (Lipinski definition) is 0. The fraction of sp³-hybridized carbons (Fsp3) is 0.0696. The zero-order valence-electron chi connectivity index (χ0n) is 69.9. The van der Waals surface area contributed by atoms with Gasteiger partial charge in [-0.15, -0.1) is 0 Å². The second kappa shape index (κ2) is 27.8. The van der Waals surface area contributed by atoms with Crippen LogP contribution in [0.25, 0.3) is 154 Å². The number of nitrogens with zero attached hydrogens (tertiary/aromatic N) is 6. The zero-order valence-corrected chi connectivity index (χ0v) is 72.6. The Labute approximate surface area is 733 Å². The highest BCUT2D eigenvalue weighted by molar-refractivity contribution is 7.87. The van der Waals surface area contributed by atoms with Crippen LogP contribution in [0.5, 0.6) is 0 Å². The first-order valence-corrected chi connectivity index (χ1v) is 49.3. The average molecular weight is 1690 g/mol. The predicted octanol–water partition coefficient (Wildman–Crippen LogP) is 24.4. The van der Waals surface area contributed by atoms with Crippen LogP contribution in [0.15, 0.2) is 398 Å². The number of para-hydroxylation sites is 3. The van der Waals surface area contributed by atoms with E-state index in [1.54, 1.807) is 0 Å². The van der Waals surface area contributed by atoms with E-state index >= 15 is 13.7 Å². The molecule has 20 aromatic rings. The molecule has 602 valence electrons. The van der Waals surface area contributed by atoms with Crippen molar-refractivity contribution in [1.29, 1.82) is 0 Å². The summed E-state index contributed by atoms with van der Waals surface area (Å²) in [6.07, 6.45) is 21.5. The number of benzene rings is 17. The SMILES string of the molecule is CCc1nc2cccc3c2n1-c1cc(-c2ccc4c5c(cccc25)-c2ccccc2-4)ccc1P3(=O)c1ccccc1.CCc1nc2cccc3c2n1-c1cc(-c2ccc4c5cccc6cccc(c7cccc2c74)c65)ccc1P3(=O)c1ccccc1.CCc1nc2cccc3c2n1-c1cc(C2=C4C=CC=C5C=CC6=C(C(=C2)CC=C6)C54)ccc1P3(=O)c1ccccc1. The van der Waals surface area contributed by atoms with E-state index in [2.05, 4.69) is 259 Å². The quantitative estimate of drug-likeness (QED) is 0.0810. The molecule has 4 atom stereocenters. The van der Waals surface area contributed by atoms with Crippen LogP contribution in [0.4, 0.5) is 0 Å². The molecule has 127 heavy (non-hydrogen) atoms. The van der Waals surface area contributed by atoms with Gasteiger partial charge in [0.2, 0.25) is 0 Å². The normalized spacial score (nSPS) is 18.3. The average Bonchev–Trinajstić information content (AvgIpc) is 1.65. The molecule has 0 fully saturated rings. The standard InChI is InChI=1S/C41H27N2OP.C37H27N2OP.C37H25N2OP/c1-2-38-42-34-18-9-19-37-41(34)43(38)35-24-26(20-23-36(35)45(37,44)27-12-4-3-5-13-27)28-21-22-33-31-15-7-11-25-10-6-14-30(39(25)31)32-17-8-16-29(28)40(32)33;1-2-34-38-30-15-8-16-33-37(30)39(34)31-22-25(19-20-32(31)41(33,40)27-12-4-3-5-13-27)29-21-26-11-6-9-23-17-18-24-10-7-14-28(29)36(24)35(23)26;1-2-35-38-31-16-9-17-34-37(31)39(35)32-22-23(18-21-33(32)41(34,40)24-10-4-3-5-11-24)25-19-20-30-27-13-7-6-12-26(27)29-15-8-14-28(25)36(29)30/h3-24H,2H2,1H3;3-10,12-22,36H,2,11H2,1H3;3-22H,2H2,1H3. The third-order valence-electron chi connectivity index (χ3n) is 28.0. The lowest BCUT2D eigenvalue weighted by molar-refractivity contribution is 0.591. The Morgan fingerprint density at radius 3 is 1.26 bits per heavy atom. The summed E-state index contributed by atoms with van der Waals surface area (Å²) in [6, 6.07) is 112. The van der Waals surface area contributed by atoms with Crippen LogP contribution < -0.4 is 47.7 Å². The van der Waals surface area contributed by atoms with Gasteiger partial charge in [0.1, 0.15) is 17.5 Å². The minimum absolute atomic E-state index is 0.262. The predicted molar refractivity (Wildman–Crippen MR) is 530 cm³/mol. The number of aryl methyl sites for hydroxylation is 3. The van der Waals surface area contributed by atoms with Crippen LogP contribution in [0.1, 0.15) is 50.2 Å². The topological polar surface area (TPSA) is 105 Å². The Balaban J connectivity index is 0.000000101. The van der Waals surface area contributed by atoms with Gasteiger partial charge in [0.15, 0.2) is 21.4 Å². The molecule has 9 nitrogen and oxygen atoms in total. The molecule has 28 rings (SSSR count). The van der Waals surface area contributed by atoms with E-state index in [-0.39, 0.29) is 5.92 Å². The van der Waals surface area contributed by atoms with Crippen LogP contribution in [0.3, 0.4) is 0 Å². The second-order valence-electron chi connectivity index (χ2n) is 34.4. The number of rotatable bonds is 9. The summed E-state index contributed by atoms with van der Waals surface area (Å²) in [7, 11) is -9.40. The van der Waals surface area contributed by atoms with Crippen molar-refractivity contribution in [3.05, 3.63) is 421 Å². The lowest BCUT2D eigenvalue weighted by atomic mass is 9.66. The second-order valence-corrected chi connectivity index (χ2v) is 42.5. The Kier molecular flexibility index (Phi) is 16.2. The number of fused-ring (bicyclic) bond motifs is 11. The monoisotopic (exact) mass is 1680 g/mol. The molecule has 0 saturated heterocycles. The number of imidazole rings is 3. The lowest BCUT2D eigenvalue weighted by Crippen LogP contribution is -2.33. The molecule has 0 saturated carbocycles. The van der Waals surface area contributed by atoms with Crippen molar-refractivity contribution < 1.29 is 13.7 Å². The van der Waals surface area contributed by atoms with E-state index < -0.39 is 21.4 Å². The maximum atomic E-state index is 15.5. The summed E-state index contributed by atoms with van der Waals surface area (Å²) in [4.78, 5) is 15.1. The molecule has 4 unspecified atom stereocenters. The molecule has 0 amide bonds. The zero-order chi connectivity index (χ0) is 84.5. The molecular formula is C115H79N6O3P3. The molecule has 6 heterocycles. The van der Waals surface area contributed by atoms with E-state index in [0.717, 1.165) is 158 Å². The molecule has 0 radical (unpaired) electrons. The Morgan fingerprint density at radius 1 is 0.339 bits per heavy atom. The van der Waals surface area contributed by atoms with E-state index in [0.29, 0.717) is 0 Å². The highest BCUT2D eigenvalue weighted by Crippen LogP contribution is 2.58. The van der Waals surface area contributed by atoms with Gasteiger partial charge in [0.25, 0.3) is 0 Å². The highest BCUT2D eigenvalue weighted by atomic mass is 31.2. The molecule has 0 spiro atoms. The Bertz CT molecular complexity index is 8650. The van der Waals surface area contributed by atoms with Gasteiger partial charge in [-0.1, -0.05) is 318 Å². The molecular weight excluding hydrogens is 1610 g/mol. The van der Waals surface area contributed by atoms with Gasteiger partial charge in [-0.25, -0.2) is 15.0 Å². The van der Waals surface area contributed by atoms with Gasteiger partial charge < -0.3 is 13.7 Å². The fourth-order valence-electron chi connectivity index (χ4n) is 22.6. The summed E-state index contributed by atoms with van der Waals surface area (Å²) in [6.45, 7) is 6.43. The summed E-state index contributed by atoms with van der Waals surface area (Å²) < 4.78 is 53.2. The minimum Gasteiger partial charge on any atom is -0.308 e. The van der Waals surface area contributed by atoms with Crippen LogP contribution >= 0.6 is 21.4 Å². The highest BCUT2D eigenvalue weighted by Gasteiger charge is 2.45. The van der Waals surface area contributed by atoms with E-state index in [1.807, 2.05) is 146 Å². The molecule has 0 bridgehead atoms. The Hall–Kier alpha value is -14.4. The molecule has 0 N–H and O–H groups in total. The van der Waals surface area contributed by atoms with Gasteiger partial charge in [-0.05, 0) is 217 Å². The van der Waals surface area contributed by atoms with Crippen LogP contribution in [-0.4, -0.2) is 28.7 Å². The molecule has 3 aromatic heterocycles. The maximum Gasteiger partial charge on any atom is 0.175 e. The maximum absolute atomic E-state index is 15.5. The third-order valence-corrected chi connectivity index (χ3v) is 37.4. The summed E-state index contributed by atoms with van der Waals surface area (Å²) in [5, 5.41) is 20.6. The van der Waals surface area contributed by atoms with E-state index in [4.69, 9.17) is 15.0 Å².